The molecule has 1 aromatic carbocycles. The summed E-state index contributed by atoms with van der Waals surface area (Å²) < 4.78 is 26.4. The van der Waals surface area contributed by atoms with Gasteiger partial charge in [-0.2, -0.15) is 0 Å². The zero-order chi connectivity index (χ0) is 10.0. The first kappa shape index (κ1) is 10.2. The summed E-state index contributed by atoms with van der Waals surface area (Å²) >= 11 is 0. The molecule has 0 aliphatic heterocycles. The molecule has 1 atom stereocenters. The molecule has 0 heterocycles. The first-order valence-corrected chi connectivity index (χ1v) is 4.46. The van der Waals surface area contributed by atoms with Gasteiger partial charge in [-0.3, -0.25) is 0 Å². The van der Waals surface area contributed by atoms with Crippen LogP contribution in [0.15, 0.2) is 18.2 Å². The van der Waals surface area contributed by atoms with Crippen LogP contribution in [0.3, 0.4) is 0 Å². The van der Waals surface area contributed by atoms with Gasteiger partial charge in [0.15, 0.2) is 0 Å². The number of alkyl halides is 1. The second-order valence-electron chi connectivity index (χ2n) is 3.52. The highest BCUT2D eigenvalue weighted by Gasteiger charge is 2.14. The summed E-state index contributed by atoms with van der Waals surface area (Å²) in [6, 6.07) is 4.89. The van der Waals surface area contributed by atoms with Crippen LogP contribution in [0.2, 0.25) is 0 Å². The van der Waals surface area contributed by atoms with E-state index in [1.807, 2.05) is 13.8 Å². The van der Waals surface area contributed by atoms with E-state index in [1.54, 1.807) is 12.1 Å². The van der Waals surface area contributed by atoms with E-state index >= 15 is 0 Å². The number of rotatable bonds is 2. The van der Waals surface area contributed by atoms with Crippen molar-refractivity contribution in [1.29, 1.82) is 0 Å². The van der Waals surface area contributed by atoms with Crippen molar-refractivity contribution in [2.75, 3.05) is 0 Å². The standard InChI is InChI=1S/C11H14F2/c1-7(2)9-5-4-6-10(8(3)12)11(9)13/h4-8H,1-3H3. The van der Waals surface area contributed by atoms with Crippen molar-refractivity contribution in [3.63, 3.8) is 0 Å². The first-order chi connectivity index (χ1) is 6.04. The second kappa shape index (κ2) is 3.86. The van der Waals surface area contributed by atoms with Gasteiger partial charge >= 0.3 is 0 Å². The van der Waals surface area contributed by atoms with Crippen molar-refractivity contribution >= 4 is 0 Å². The molecule has 0 aliphatic rings. The van der Waals surface area contributed by atoms with Crippen molar-refractivity contribution in [2.24, 2.45) is 0 Å². The minimum absolute atomic E-state index is 0.0960. The van der Waals surface area contributed by atoms with Gasteiger partial charge in [0.05, 0.1) is 0 Å². The van der Waals surface area contributed by atoms with Crippen molar-refractivity contribution in [3.8, 4) is 0 Å². The lowest BCUT2D eigenvalue weighted by molar-refractivity contribution is 0.360. The summed E-state index contributed by atoms with van der Waals surface area (Å²) in [4.78, 5) is 0. The van der Waals surface area contributed by atoms with Crippen molar-refractivity contribution < 1.29 is 8.78 Å². The molecule has 0 bridgehead atoms. The topological polar surface area (TPSA) is 0 Å². The van der Waals surface area contributed by atoms with E-state index < -0.39 is 12.0 Å². The highest BCUT2D eigenvalue weighted by Crippen LogP contribution is 2.26. The van der Waals surface area contributed by atoms with E-state index in [9.17, 15) is 8.78 Å². The van der Waals surface area contributed by atoms with Crippen LogP contribution in [0.4, 0.5) is 8.78 Å². The Kier molecular flexibility index (Phi) is 3.02. The Morgan fingerprint density at radius 3 is 2.08 bits per heavy atom. The van der Waals surface area contributed by atoms with Crippen LogP contribution >= 0.6 is 0 Å². The fraction of sp³-hybridized carbons (Fsp3) is 0.455. The summed E-state index contributed by atoms with van der Waals surface area (Å²) in [6.07, 6.45) is -1.24. The molecule has 0 amide bonds. The Bertz CT molecular complexity index is 264. The van der Waals surface area contributed by atoms with E-state index in [-0.39, 0.29) is 11.5 Å². The van der Waals surface area contributed by atoms with Gasteiger partial charge in [-0.05, 0) is 18.4 Å². The monoisotopic (exact) mass is 184 g/mol. The zero-order valence-electron chi connectivity index (χ0n) is 8.14. The average Bonchev–Trinajstić information content (AvgIpc) is 2.03. The van der Waals surface area contributed by atoms with Gasteiger partial charge in [-0.1, -0.05) is 32.0 Å². The lowest BCUT2D eigenvalue weighted by Gasteiger charge is -2.11. The van der Waals surface area contributed by atoms with E-state index in [0.717, 1.165) is 0 Å². The Morgan fingerprint density at radius 1 is 1.08 bits per heavy atom. The third kappa shape index (κ3) is 2.06. The lowest BCUT2D eigenvalue weighted by atomic mass is 9.98. The van der Waals surface area contributed by atoms with Crippen molar-refractivity contribution in [2.45, 2.75) is 32.9 Å². The van der Waals surface area contributed by atoms with E-state index in [0.29, 0.717) is 5.56 Å². The minimum Gasteiger partial charge on any atom is -0.242 e. The van der Waals surface area contributed by atoms with E-state index in [2.05, 4.69) is 0 Å². The molecule has 0 fully saturated rings. The summed E-state index contributed by atoms with van der Waals surface area (Å²) in [7, 11) is 0. The molecule has 2 heteroatoms. The van der Waals surface area contributed by atoms with Gasteiger partial charge in [0.2, 0.25) is 0 Å². The number of benzene rings is 1. The zero-order valence-corrected chi connectivity index (χ0v) is 8.14. The number of hydrogen-bond acceptors (Lipinski definition) is 0. The van der Waals surface area contributed by atoms with Crippen molar-refractivity contribution in [1.82, 2.24) is 0 Å². The Labute approximate surface area is 77.6 Å². The van der Waals surface area contributed by atoms with Gasteiger partial charge in [0, 0.05) is 5.56 Å². The summed E-state index contributed by atoms with van der Waals surface area (Å²) in [5.74, 6) is -0.300. The first-order valence-electron chi connectivity index (χ1n) is 4.46. The highest BCUT2D eigenvalue weighted by atomic mass is 19.1. The molecule has 0 N–H and O–H groups in total. The molecule has 0 nitrogen and oxygen atoms in total. The predicted molar refractivity (Wildman–Crippen MR) is 50.0 cm³/mol. The van der Waals surface area contributed by atoms with Gasteiger partial charge in [0.25, 0.3) is 0 Å². The highest BCUT2D eigenvalue weighted by molar-refractivity contribution is 5.29. The summed E-state index contributed by atoms with van der Waals surface area (Å²) in [6.45, 7) is 5.14. The molecule has 1 unspecified atom stereocenters. The maximum atomic E-state index is 13.5. The van der Waals surface area contributed by atoms with Crippen LogP contribution in [0.25, 0.3) is 0 Å². The molecule has 72 valence electrons. The molecule has 0 saturated heterocycles. The van der Waals surface area contributed by atoms with Gasteiger partial charge in [0.1, 0.15) is 12.0 Å². The predicted octanol–water partition coefficient (Wildman–Crippen LogP) is 3.98. The van der Waals surface area contributed by atoms with Crippen LogP contribution in [0.5, 0.6) is 0 Å². The second-order valence-corrected chi connectivity index (χ2v) is 3.52. The molecule has 0 aliphatic carbocycles. The Morgan fingerprint density at radius 2 is 1.62 bits per heavy atom. The smallest absolute Gasteiger partial charge is 0.132 e. The number of hydrogen-bond donors (Lipinski definition) is 0. The molecule has 13 heavy (non-hydrogen) atoms. The normalized spacial score (nSPS) is 13.4. The molecular weight excluding hydrogens is 170 g/mol. The fourth-order valence-corrected chi connectivity index (χ4v) is 1.32. The molecule has 1 rings (SSSR count). The van der Waals surface area contributed by atoms with E-state index in [4.69, 9.17) is 0 Å². The van der Waals surface area contributed by atoms with Gasteiger partial charge in [-0.15, -0.1) is 0 Å². The third-order valence-electron chi connectivity index (χ3n) is 2.11. The van der Waals surface area contributed by atoms with E-state index in [1.165, 1.54) is 13.0 Å². The molecule has 0 radical (unpaired) electrons. The van der Waals surface area contributed by atoms with Gasteiger partial charge in [-0.25, -0.2) is 8.78 Å². The van der Waals surface area contributed by atoms with Crippen molar-refractivity contribution in [3.05, 3.63) is 35.1 Å². The molecule has 0 saturated carbocycles. The average molecular weight is 184 g/mol. The Balaban J connectivity index is 3.18. The van der Waals surface area contributed by atoms with Crippen LogP contribution in [0.1, 0.15) is 44.0 Å². The SMILES string of the molecule is CC(C)c1cccc(C(C)F)c1F. The molecule has 0 spiro atoms. The fourth-order valence-electron chi connectivity index (χ4n) is 1.32. The third-order valence-corrected chi connectivity index (χ3v) is 2.11. The summed E-state index contributed by atoms with van der Waals surface area (Å²) in [5.41, 5.74) is 0.744. The minimum atomic E-state index is -1.24. The quantitative estimate of drug-likeness (QED) is 0.652. The maximum Gasteiger partial charge on any atom is 0.132 e. The van der Waals surface area contributed by atoms with Crippen LogP contribution < -0.4 is 0 Å². The molecular formula is C11H14F2. The van der Waals surface area contributed by atoms with Gasteiger partial charge < -0.3 is 0 Å². The van der Waals surface area contributed by atoms with Crippen LogP contribution in [-0.2, 0) is 0 Å². The largest absolute Gasteiger partial charge is 0.242 e. The molecule has 1 aromatic rings. The maximum absolute atomic E-state index is 13.5. The number of halogens is 2. The lowest BCUT2D eigenvalue weighted by Crippen LogP contribution is -1.99. The van der Waals surface area contributed by atoms with Crippen LogP contribution in [-0.4, -0.2) is 0 Å². The summed E-state index contributed by atoms with van der Waals surface area (Å²) in [5, 5.41) is 0. The molecule has 0 aromatic heterocycles. The Hall–Kier alpha value is -0.920. The van der Waals surface area contributed by atoms with Crippen LogP contribution in [0, 0.1) is 5.82 Å².